The number of carbonyl (C=O) groups excluding carboxylic acids is 2. The molecule has 0 unspecified atom stereocenters. The van der Waals surface area contributed by atoms with Gasteiger partial charge in [0.2, 0.25) is 0 Å². The summed E-state index contributed by atoms with van der Waals surface area (Å²) in [6, 6.07) is 9.50. The number of anilines is 1. The zero-order valence-electron chi connectivity index (χ0n) is 16.2. The number of benzene rings is 1. The summed E-state index contributed by atoms with van der Waals surface area (Å²) in [5, 5.41) is 2.76. The molecule has 1 N–H and O–H groups in total. The minimum atomic E-state index is -0.920. The second-order valence-electron chi connectivity index (χ2n) is 6.85. The van der Waals surface area contributed by atoms with Gasteiger partial charge in [-0.15, -0.1) is 0 Å². The van der Waals surface area contributed by atoms with Gasteiger partial charge in [-0.1, -0.05) is 12.1 Å². The van der Waals surface area contributed by atoms with Gasteiger partial charge >= 0.3 is 5.97 Å². The summed E-state index contributed by atoms with van der Waals surface area (Å²) >= 11 is 0. The Balaban J connectivity index is 1.66. The van der Waals surface area contributed by atoms with Gasteiger partial charge in [0.1, 0.15) is 5.75 Å². The topological polar surface area (TPSA) is 69.6 Å². The first-order valence-corrected chi connectivity index (χ1v) is 9.34. The van der Waals surface area contributed by atoms with Gasteiger partial charge in [0, 0.05) is 17.4 Å². The van der Waals surface area contributed by atoms with Crippen molar-refractivity contribution in [2.75, 3.05) is 11.9 Å². The van der Waals surface area contributed by atoms with E-state index in [0.717, 1.165) is 24.2 Å². The van der Waals surface area contributed by atoms with Crippen molar-refractivity contribution < 1.29 is 19.1 Å². The normalized spacial score (nSPS) is 14.5. The van der Waals surface area contributed by atoms with Crippen LogP contribution in [0.4, 0.5) is 5.69 Å². The molecule has 6 heteroatoms. The Kier molecular flexibility index (Phi) is 5.54. The lowest BCUT2D eigenvalue weighted by atomic mass is 10.2. The van der Waals surface area contributed by atoms with Crippen molar-refractivity contribution in [3.8, 4) is 5.75 Å². The van der Waals surface area contributed by atoms with E-state index in [0.29, 0.717) is 29.6 Å². The van der Waals surface area contributed by atoms with Gasteiger partial charge in [0.15, 0.2) is 6.10 Å². The average Bonchev–Trinajstić information content (AvgIpc) is 3.41. The molecule has 2 aromatic rings. The molecule has 1 fully saturated rings. The van der Waals surface area contributed by atoms with Crippen molar-refractivity contribution in [1.82, 2.24) is 4.57 Å². The number of ether oxygens (including phenoxy) is 2. The van der Waals surface area contributed by atoms with Crippen LogP contribution in [-0.4, -0.2) is 29.2 Å². The second kappa shape index (κ2) is 7.86. The van der Waals surface area contributed by atoms with Gasteiger partial charge in [-0.2, -0.15) is 0 Å². The fourth-order valence-corrected chi connectivity index (χ4v) is 3.24. The Morgan fingerprint density at radius 2 is 1.96 bits per heavy atom. The fraction of sp³-hybridized carbons (Fsp3) is 0.429. The molecule has 1 heterocycles. The molecule has 0 aliphatic heterocycles. The van der Waals surface area contributed by atoms with Crippen LogP contribution in [0.1, 0.15) is 54.5 Å². The van der Waals surface area contributed by atoms with E-state index in [1.54, 1.807) is 19.1 Å². The Bertz CT molecular complexity index is 852. The summed E-state index contributed by atoms with van der Waals surface area (Å²) in [6.45, 7) is 7.85. The van der Waals surface area contributed by atoms with Crippen molar-refractivity contribution in [3.63, 3.8) is 0 Å². The van der Waals surface area contributed by atoms with Gasteiger partial charge < -0.3 is 19.4 Å². The first-order valence-electron chi connectivity index (χ1n) is 9.34. The van der Waals surface area contributed by atoms with Crippen LogP contribution in [0.3, 0.4) is 0 Å². The van der Waals surface area contributed by atoms with E-state index >= 15 is 0 Å². The van der Waals surface area contributed by atoms with Crippen LogP contribution in [0.25, 0.3) is 0 Å². The molecular formula is C21H26N2O4. The van der Waals surface area contributed by atoms with Crippen LogP contribution in [0, 0.1) is 13.8 Å². The highest BCUT2D eigenvalue weighted by Gasteiger charge is 2.29. The first kappa shape index (κ1) is 19.0. The van der Waals surface area contributed by atoms with Crippen molar-refractivity contribution in [3.05, 3.63) is 47.3 Å². The van der Waals surface area contributed by atoms with Gasteiger partial charge in [-0.3, -0.25) is 4.79 Å². The summed E-state index contributed by atoms with van der Waals surface area (Å²) in [4.78, 5) is 25.0. The Morgan fingerprint density at radius 1 is 1.26 bits per heavy atom. The van der Waals surface area contributed by atoms with Crippen LogP contribution >= 0.6 is 0 Å². The highest BCUT2D eigenvalue weighted by atomic mass is 16.5. The summed E-state index contributed by atoms with van der Waals surface area (Å²) in [5.74, 6) is -0.290. The molecule has 27 heavy (non-hydrogen) atoms. The number of nitrogens with one attached hydrogen (secondary N) is 1. The van der Waals surface area contributed by atoms with Gasteiger partial charge in [0.25, 0.3) is 5.91 Å². The van der Waals surface area contributed by atoms with E-state index in [-0.39, 0.29) is 0 Å². The van der Waals surface area contributed by atoms with Crippen molar-refractivity contribution >= 4 is 17.6 Å². The van der Waals surface area contributed by atoms with Crippen LogP contribution in [-0.2, 0) is 9.53 Å². The van der Waals surface area contributed by atoms with Crippen molar-refractivity contribution in [2.45, 2.75) is 52.7 Å². The molecule has 3 rings (SSSR count). The molecular weight excluding hydrogens is 344 g/mol. The van der Waals surface area contributed by atoms with Crippen LogP contribution in [0.5, 0.6) is 5.75 Å². The maximum atomic E-state index is 12.6. The standard InChI is InChI=1S/C21H26N2O4/c1-5-26-19-9-7-6-8-18(19)22-20(24)15(4)27-21(25)17-12-13(2)23(14(17)3)16-10-11-16/h6-9,12,15-16H,5,10-11H2,1-4H3,(H,22,24)/t15-/m0/s1. The molecule has 1 atom stereocenters. The SMILES string of the molecule is CCOc1ccccc1NC(=O)[C@H](C)OC(=O)c1cc(C)n(C2CC2)c1C. The largest absolute Gasteiger partial charge is 0.492 e. The van der Waals surface area contributed by atoms with E-state index in [1.807, 2.05) is 39.0 Å². The minimum absolute atomic E-state index is 0.397. The lowest BCUT2D eigenvalue weighted by Gasteiger charge is -2.15. The first-order chi connectivity index (χ1) is 12.9. The summed E-state index contributed by atoms with van der Waals surface area (Å²) in [6.07, 6.45) is 1.36. The number of hydrogen-bond acceptors (Lipinski definition) is 4. The molecule has 1 aromatic carbocycles. The van der Waals surface area contributed by atoms with Crippen LogP contribution < -0.4 is 10.1 Å². The predicted octanol–water partition coefficient (Wildman–Crippen LogP) is 4.02. The van der Waals surface area contributed by atoms with Crippen LogP contribution in [0.15, 0.2) is 30.3 Å². The zero-order valence-corrected chi connectivity index (χ0v) is 16.2. The highest BCUT2D eigenvalue weighted by Crippen LogP contribution is 2.38. The fourth-order valence-electron chi connectivity index (χ4n) is 3.24. The number of amides is 1. The van der Waals surface area contributed by atoms with E-state index in [9.17, 15) is 9.59 Å². The summed E-state index contributed by atoms with van der Waals surface area (Å²) in [7, 11) is 0. The van der Waals surface area contributed by atoms with E-state index in [1.165, 1.54) is 0 Å². The molecule has 1 aromatic heterocycles. The highest BCUT2D eigenvalue weighted by molar-refractivity contribution is 5.98. The predicted molar refractivity (Wildman–Crippen MR) is 103 cm³/mol. The monoisotopic (exact) mass is 370 g/mol. The van der Waals surface area contributed by atoms with Gasteiger partial charge in [-0.25, -0.2) is 4.79 Å². The van der Waals surface area contributed by atoms with Crippen LogP contribution in [0.2, 0.25) is 0 Å². The second-order valence-corrected chi connectivity index (χ2v) is 6.85. The number of esters is 1. The third kappa shape index (κ3) is 4.15. The third-order valence-electron chi connectivity index (χ3n) is 4.71. The molecule has 0 saturated heterocycles. The van der Waals surface area contributed by atoms with Gasteiger partial charge in [-0.05, 0) is 58.7 Å². The summed E-state index contributed by atoms with van der Waals surface area (Å²) in [5.41, 5.74) is 3.02. The lowest BCUT2D eigenvalue weighted by Crippen LogP contribution is -2.30. The van der Waals surface area contributed by atoms with E-state index < -0.39 is 18.0 Å². The number of aromatic nitrogens is 1. The van der Waals surface area contributed by atoms with Gasteiger partial charge in [0.05, 0.1) is 17.9 Å². The molecule has 1 aliphatic carbocycles. The molecule has 1 aliphatic rings. The Morgan fingerprint density at radius 3 is 2.63 bits per heavy atom. The van der Waals surface area contributed by atoms with E-state index in [4.69, 9.17) is 9.47 Å². The molecule has 1 saturated carbocycles. The molecule has 0 radical (unpaired) electrons. The minimum Gasteiger partial charge on any atom is -0.492 e. The Labute approximate surface area is 159 Å². The smallest absolute Gasteiger partial charge is 0.340 e. The quantitative estimate of drug-likeness (QED) is 0.747. The molecule has 6 nitrogen and oxygen atoms in total. The average molecular weight is 370 g/mol. The lowest BCUT2D eigenvalue weighted by molar-refractivity contribution is -0.123. The maximum Gasteiger partial charge on any atom is 0.340 e. The molecule has 0 spiro atoms. The number of nitrogens with zero attached hydrogens (tertiary/aromatic N) is 1. The number of rotatable bonds is 7. The number of para-hydroxylation sites is 2. The summed E-state index contributed by atoms with van der Waals surface area (Å²) < 4.78 is 13.1. The molecule has 1 amide bonds. The molecule has 0 bridgehead atoms. The number of aryl methyl sites for hydroxylation is 1. The zero-order chi connectivity index (χ0) is 19.6. The number of hydrogen-bond donors (Lipinski definition) is 1. The van der Waals surface area contributed by atoms with E-state index in [2.05, 4.69) is 9.88 Å². The maximum absolute atomic E-state index is 12.6. The van der Waals surface area contributed by atoms with Crippen molar-refractivity contribution in [2.24, 2.45) is 0 Å². The Hall–Kier alpha value is -2.76. The molecule has 144 valence electrons. The van der Waals surface area contributed by atoms with Crippen molar-refractivity contribution in [1.29, 1.82) is 0 Å². The third-order valence-corrected chi connectivity index (χ3v) is 4.71. The number of carbonyl (C=O) groups is 2.